The van der Waals surface area contributed by atoms with Crippen LogP contribution in [-0.2, 0) is 16.1 Å². The van der Waals surface area contributed by atoms with Crippen LogP contribution in [0.5, 0.6) is 0 Å². The van der Waals surface area contributed by atoms with Gasteiger partial charge in [-0.2, -0.15) is 0 Å². The molecule has 1 N–H and O–H groups in total. The van der Waals surface area contributed by atoms with Crippen molar-refractivity contribution < 1.29 is 14.3 Å². The number of carbonyl (C=O) groups is 2. The molecule has 0 aliphatic heterocycles. The zero-order valence-electron chi connectivity index (χ0n) is 12.3. The van der Waals surface area contributed by atoms with Crippen LogP contribution < -0.4 is 5.32 Å². The molecule has 1 atom stereocenters. The van der Waals surface area contributed by atoms with Gasteiger partial charge in [-0.3, -0.25) is 4.79 Å². The molecule has 0 bridgehead atoms. The van der Waals surface area contributed by atoms with Gasteiger partial charge < -0.3 is 10.1 Å². The second kappa shape index (κ2) is 7.94. The number of halogens is 2. The Morgan fingerprint density at radius 2 is 1.87 bits per heavy atom. The Balaban J connectivity index is 1.92. The fourth-order valence-electron chi connectivity index (χ4n) is 1.76. The monoisotopic (exact) mass is 352 g/mol. The van der Waals surface area contributed by atoms with Gasteiger partial charge in [-0.25, -0.2) is 9.78 Å². The molecule has 1 unspecified atom stereocenters. The van der Waals surface area contributed by atoms with E-state index in [2.05, 4.69) is 10.3 Å². The summed E-state index contributed by atoms with van der Waals surface area (Å²) in [5.74, 6) is -1.22. The highest BCUT2D eigenvalue weighted by Gasteiger charge is 2.21. The van der Waals surface area contributed by atoms with Gasteiger partial charge in [-0.15, -0.1) is 0 Å². The first-order chi connectivity index (χ1) is 11.0. The molecule has 2 rings (SSSR count). The van der Waals surface area contributed by atoms with Crippen molar-refractivity contribution in [3.63, 3.8) is 0 Å². The van der Waals surface area contributed by atoms with Crippen molar-refractivity contribution in [2.45, 2.75) is 19.6 Å². The summed E-state index contributed by atoms with van der Waals surface area (Å²) in [7, 11) is 0. The van der Waals surface area contributed by atoms with Gasteiger partial charge in [-0.05, 0) is 24.6 Å². The van der Waals surface area contributed by atoms with Crippen molar-refractivity contribution in [1.82, 2.24) is 10.3 Å². The Hall–Kier alpha value is -2.11. The summed E-state index contributed by atoms with van der Waals surface area (Å²) >= 11 is 11.6. The van der Waals surface area contributed by atoms with E-state index in [1.165, 1.54) is 19.1 Å². The highest BCUT2D eigenvalue weighted by Crippen LogP contribution is 2.18. The third-order valence-corrected chi connectivity index (χ3v) is 3.48. The minimum Gasteiger partial charge on any atom is -0.448 e. The van der Waals surface area contributed by atoms with Gasteiger partial charge in [-0.1, -0.05) is 53.5 Å². The van der Waals surface area contributed by atoms with Crippen LogP contribution in [0.4, 0.5) is 0 Å². The molecule has 1 aromatic heterocycles. The predicted octanol–water partition coefficient (Wildman–Crippen LogP) is 3.25. The van der Waals surface area contributed by atoms with E-state index in [9.17, 15) is 9.59 Å². The lowest BCUT2D eigenvalue weighted by Crippen LogP contribution is -2.35. The molecule has 1 heterocycles. The Morgan fingerprint density at radius 1 is 1.17 bits per heavy atom. The fourth-order valence-corrected chi connectivity index (χ4v) is 2.09. The second-order valence-corrected chi connectivity index (χ2v) is 5.51. The molecular formula is C16H14Cl2N2O3. The molecule has 5 nitrogen and oxygen atoms in total. The van der Waals surface area contributed by atoms with Crippen LogP contribution >= 0.6 is 23.2 Å². The average Bonchev–Trinajstić information content (AvgIpc) is 2.55. The highest BCUT2D eigenvalue weighted by atomic mass is 35.5. The summed E-state index contributed by atoms with van der Waals surface area (Å²) in [6.07, 6.45) is -0.983. The summed E-state index contributed by atoms with van der Waals surface area (Å²) in [6.45, 7) is 1.81. The predicted molar refractivity (Wildman–Crippen MR) is 87.4 cm³/mol. The van der Waals surface area contributed by atoms with Crippen molar-refractivity contribution in [2.75, 3.05) is 0 Å². The zero-order chi connectivity index (χ0) is 16.8. The number of amides is 1. The Labute approximate surface area is 143 Å². The van der Waals surface area contributed by atoms with Crippen LogP contribution in [-0.4, -0.2) is 23.0 Å². The summed E-state index contributed by atoms with van der Waals surface area (Å²) < 4.78 is 5.07. The first-order valence-electron chi connectivity index (χ1n) is 6.82. The van der Waals surface area contributed by atoms with E-state index < -0.39 is 18.0 Å². The van der Waals surface area contributed by atoms with Crippen molar-refractivity contribution in [3.8, 4) is 0 Å². The molecule has 2 aromatic rings. The molecule has 0 saturated heterocycles. The molecule has 0 aliphatic rings. The van der Waals surface area contributed by atoms with Crippen molar-refractivity contribution in [3.05, 3.63) is 63.9 Å². The smallest absolute Gasteiger partial charge is 0.359 e. The average molecular weight is 353 g/mol. The number of pyridine rings is 1. The van der Waals surface area contributed by atoms with Crippen LogP contribution in [0.2, 0.25) is 10.2 Å². The molecule has 0 spiro atoms. The maximum atomic E-state index is 12.0. The summed E-state index contributed by atoms with van der Waals surface area (Å²) in [5, 5.41) is 2.91. The van der Waals surface area contributed by atoms with E-state index in [-0.39, 0.29) is 15.9 Å². The number of nitrogens with one attached hydrogen (secondary N) is 1. The van der Waals surface area contributed by atoms with Crippen LogP contribution in [0.15, 0.2) is 42.5 Å². The fraction of sp³-hybridized carbons (Fsp3) is 0.188. The zero-order valence-corrected chi connectivity index (χ0v) is 13.8. The lowest BCUT2D eigenvalue weighted by Gasteiger charge is -2.13. The van der Waals surface area contributed by atoms with Crippen molar-refractivity contribution in [2.24, 2.45) is 0 Å². The van der Waals surface area contributed by atoms with Crippen LogP contribution in [0, 0.1) is 0 Å². The number of esters is 1. The standard InChI is InChI=1S/C16H14Cl2N2O3/c1-10(15(21)19-9-11-5-3-2-4-6-11)23-16(22)14-12(17)7-8-13(18)20-14/h2-8,10H,9H2,1H3,(H,19,21). The maximum absolute atomic E-state index is 12.0. The van der Waals surface area contributed by atoms with Gasteiger partial charge in [0.2, 0.25) is 0 Å². The largest absolute Gasteiger partial charge is 0.448 e. The van der Waals surface area contributed by atoms with Gasteiger partial charge >= 0.3 is 5.97 Å². The first kappa shape index (κ1) is 17.2. The van der Waals surface area contributed by atoms with E-state index in [0.717, 1.165) is 5.56 Å². The first-order valence-corrected chi connectivity index (χ1v) is 7.57. The van der Waals surface area contributed by atoms with Gasteiger partial charge in [0.1, 0.15) is 5.15 Å². The van der Waals surface area contributed by atoms with E-state index >= 15 is 0 Å². The SMILES string of the molecule is CC(OC(=O)c1nc(Cl)ccc1Cl)C(=O)NCc1ccccc1. The molecule has 1 amide bonds. The number of hydrogen-bond donors (Lipinski definition) is 1. The van der Waals surface area contributed by atoms with E-state index in [4.69, 9.17) is 27.9 Å². The molecule has 0 aliphatic carbocycles. The van der Waals surface area contributed by atoms with Crippen LogP contribution in [0.1, 0.15) is 23.0 Å². The Kier molecular flexibility index (Phi) is 5.96. The third kappa shape index (κ3) is 4.94. The Bertz CT molecular complexity index is 708. The highest BCUT2D eigenvalue weighted by molar-refractivity contribution is 6.34. The number of ether oxygens (including phenoxy) is 1. The van der Waals surface area contributed by atoms with Gasteiger partial charge in [0, 0.05) is 6.54 Å². The molecule has 0 radical (unpaired) electrons. The lowest BCUT2D eigenvalue weighted by atomic mass is 10.2. The molecule has 23 heavy (non-hydrogen) atoms. The number of rotatable bonds is 5. The quantitative estimate of drug-likeness (QED) is 0.662. The number of benzene rings is 1. The van der Waals surface area contributed by atoms with Gasteiger partial charge in [0.05, 0.1) is 5.02 Å². The molecule has 120 valence electrons. The number of nitrogens with zero attached hydrogens (tertiary/aromatic N) is 1. The molecular weight excluding hydrogens is 339 g/mol. The number of hydrogen-bond acceptors (Lipinski definition) is 4. The van der Waals surface area contributed by atoms with Crippen LogP contribution in [0.25, 0.3) is 0 Å². The van der Waals surface area contributed by atoms with E-state index in [1.807, 2.05) is 30.3 Å². The topological polar surface area (TPSA) is 68.3 Å². The van der Waals surface area contributed by atoms with Gasteiger partial charge in [0.15, 0.2) is 11.8 Å². The van der Waals surface area contributed by atoms with E-state index in [0.29, 0.717) is 6.54 Å². The maximum Gasteiger partial charge on any atom is 0.359 e. The minimum atomic E-state index is -0.983. The Morgan fingerprint density at radius 3 is 2.57 bits per heavy atom. The normalized spacial score (nSPS) is 11.6. The van der Waals surface area contributed by atoms with Crippen LogP contribution in [0.3, 0.4) is 0 Å². The van der Waals surface area contributed by atoms with Gasteiger partial charge in [0.25, 0.3) is 5.91 Å². The number of aromatic nitrogens is 1. The van der Waals surface area contributed by atoms with Crippen molar-refractivity contribution >= 4 is 35.1 Å². The molecule has 0 fully saturated rings. The minimum absolute atomic E-state index is 0.108. The lowest BCUT2D eigenvalue weighted by molar-refractivity contribution is -0.129. The number of carbonyl (C=O) groups excluding carboxylic acids is 2. The summed E-state index contributed by atoms with van der Waals surface area (Å²) in [4.78, 5) is 27.8. The van der Waals surface area contributed by atoms with Crippen molar-refractivity contribution in [1.29, 1.82) is 0 Å². The second-order valence-electron chi connectivity index (χ2n) is 4.72. The third-order valence-electron chi connectivity index (χ3n) is 2.97. The molecule has 0 saturated carbocycles. The molecule has 1 aromatic carbocycles. The summed E-state index contributed by atoms with van der Waals surface area (Å²) in [6, 6.07) is 12.3. The molecule has 7 heteroatoms. The van der Waals surface area contributed by atoms with E-state index in [1.54, 1.807) is 0 Å². The summed E-state index contributed by atoms with van der Waals surface area (Å²) in [5.41, 5.74) is 0.820.